The van der Waals surface area contributed by atoms with Gasteiger partial charge < -0.3 is 10.1 Å². The van der Waals surface area contributed by atoms with Crippen LogP contribution in [0.1, 0.15) is 55.0 Å². The predicted molar refractivity (Wildman–Crippen MR) is 141 cm³/mol. The number of aromatic nitrogens is 2. The molecule has 0 radical (unpaired) electrons. The molecular formula is C28H31N3O5S. The van der Waals surface area contributed by atoms with Gasteiger partial charge in [0.05, 0.1) is 47.2 Å². The first-order valence-corrected chi connectivity index (χ1v) is 13.7. The van der Waals surface area contributed by atoms with Gasteiger partial charge in [-0.25, -0.2) is 13.4 Å². The summed E-state index contributed by atoms with van der Waals surface area (Å²) >= 11 is 0. The van der Waals surface area contributed by atoms with Crippen molar-refractivity contribution in [1.29, 1.82) is 0 Å². The predicted octanol–water partition coefficient (Wildman–Crippen LogP) is 4.18. The number of hydrogen-bond acceptors (Lipinski definition) is 7. The van der Waals surface area contributed by atoms with Crippen molar-refractivity contribution in [1.82, 2.24) is 9.97 Å². The maximum absolute atomic E-state index is 13.8. The lowest BCUT2D eigenvalue weighted by Gasteiger charge is -2.46. The Kier molecular flexibility index (Phi) is 6.94. The van der Waals surface area contributed by atoms with Crippen molar-refractivity contribution in [3.8, 4) is 5.75 Å². The SMILES string of the molecule is CCS(=O)(=O)c1ccc(CC(=O)Nc2ccc3c(n2)CC(C)(C)C(C)(c2ccc(OC)cn2)C3=O)cc1. The van der Waals surface area contributed by atoms with E-state index in [1.807, 2.05) is 26.8 Å². The van der Waals surface area contributed by atoms with Crippen LogP contribution in [0.25, 0.3) is 0 Å². The highest BCUT2D eigenvalue weighted by Crippen LogP contribution is 2.49. The molecule has 0 saturated heterocycles. The summed E-state index contributed by atoms with van der Waals surface area (Å²) in [5.74, 6) is 0.656. The molecule has 9 heteroatoms. The quantitative estimate of drug-likeness (QED) is 0.496. The van der Waals surface area contributed by atoms with E-state index in [1.54, 1.807) is 50.6 Å². The number of benzene rings is 1. The Balaban J connectivity index is 1.53. The first-order chi connectivity index (χ1) is 17.4. The second kappa shape index (κ2) is 9.70. The Morgan fingerprint density at radius 1 is 1.05 bits per heavy atom. The molecule has 2 aromatic heterocycles. The van der Waals surface area contributed by atoms with Gasteiger partial charge in [-0.2, -0.15) is 0 Å². The summed E-state index contributed by atoms with van der Waals surface area (Å²) in [7, 11) is -1.72. The average molecular weight is 522 g/mol. The molecule has 1 atom stereocenters. The minimum absolute atomic E-state index is 0.0197. The molecule has 0 fully saturated rings. The number of sulfone groups is 1. The van der Waals surface area contributed by atoms with Gasteiger partial charge >= 0.3 is 0 Å². The van der Waals surface area contributed by atoms with Gasteiger partial charge in [0.15, 0.2) is 15.6 Å². The fraction of sp³-hybridized carbons (Fsp3) is 0.357. The van der Waals surface area contributed by atoms with Crippen molar-refractivity contribution in [2.45, 2.75) is 50.8 Å². The number of methoxy groups -OCH3 is 1. The minimum atomic E-state index is -3.29. The van der Waals surface area contributed by atoms with E-state index in [2.05, 4.69) is 15.3 Å². The van der Waals surface area contributed by atoms with E-state index in [9.17, 15) is 18.0 Å². The molecule has 1 amide bonds. The van der Waals surface area contributed by atoms with Crippen LogP contribution in [0, 0.1) is 5.41 Å². The van der Waals surface area contributed by atoms with E-state index in [0.29, 0.717) is 40.5 Å². The molecule has 0 aliphatic heterocycles. The Morgan fingerprint density at radius 3 is 2.35 bits per heavy atom. The molecule has 1 aliphatic carbocycles. The van der Waals surface area contributed by atoms with Crippen LogP contribution in [-0.2, 0) is 32.9 Å². The normalized spacial score (nSPS) is 18.7. The van der Waals surface area contributed by atoms with Crippen molar-refractivity contribution in [3.63, 3.8) is 0 Å². The van der Waals surface area contributed by atoms with Crippen LogP contribution >= 0.6 is 0 Å². The molecule has 1 aromatic carbocycles. The number of Topliss-reactive ketones (excluding diaryl/α,β-unsaturated/α-hetero) is 1. The molecular weight excluding hydrogens is 490 g/mol. The molecule has 0 spiro atoms. The van der Waals surface area contributed by atoms with E-state index in [4.69, 9.17) is 4.74 Å². The zero-order valence-electron chi connectivity index (χ0n) is 21.7. The molecule has 4 rings (SSSR count). The summed E-state index contributed by atoms with van der Waals surface area (Å²) < 4.78 is 29.2. The Hall–Kier alpha value is -3.59. The van der Waals surface area contributed by atoms with Gasteiger partial charge in [0.25, 0.3) is 0 Å². The molecule has 1 unspecified atom stereocenters. The van der Waals surface area contributed by atoms with Crippen molar-refractivity contribution in [2.75, 3.05) is 18.2 Å². The highest BCUT2D eigenvalue weighted by molar-refractivity contribution is 7.91. The number of hydrogen-bond donors (Lipinski definition) is 1. The zero-order chi connectivity index (χ0) is 27.0. The van der Waals surface area contributed by atoms with Crippen LogP contribution in [0.2, 0.25) is 0 Å². The molecule has 3 aromatic rings. The maximum Gasteiger partial charge on any atom is 0.229 e. The van der Waals surface area contributed by atoms with Gasteiger partial charge in [0.2, 0.25) is 5.91 Å². The van der Waals surface area contributed by atoms with E-state index in [0.717, 1.165) is 0 Å². The summed E-state index contributed by atoms with van der Waals surface area (Å²) in [4.78, 5) is 35.8. The van der Waals surface area contributed by atoms with E-state index in [1.165, 1.54) is 12.1 Å². The standard InChI is InChI=1S/C28H31N3O5S/c1-6-37(34,35)20-10-7-18(8-11-20)15-25(32)31-24-14-12-21-22(30-24)16-27(2,3)28(4,26(21)33)23-13-9-19(36-5)17-29-23/h7-14,17H,6,15-16H2,1-5H3,(H,30,31,32). The largest absolute Gasteiger partial charge is 0.495 e. The van der Waals surface area contributed by atoms with Gasteiger partial charge in [-0.1, -0.05) is 32.9 Å². The van der Waals surface area contributed by atoms with E-state index in [-0.39, 0.29) is 28.8 Å². The highest BCUT2D eigenvalue weighted by Gasteiger charge is 2.53. The zero-order valence-corrected chi connectivity index (χ0v) is 22.5. The number of nitrogens with zero attached hydrogens (tertiary/aromatic N) is 2. The number of ether oxygens (including phenoxy) is 1. The molecule has 2 heterocycles. The Morgan fingerprint density at radius 2 is 1.76 bits per heavy atom. The smallest absolute Gasteiger partial charge is 0.229 e. The van der Waals surface area contributed by atoms with Gasteiger partial charge in [-0.3, -0.25) is 14.6 Å². The molecule has 0 bridgehead atoms. The Labute approximate surface area is 217 Å². The van der Waals surface area contributed by atoms with Crippen molar-refractivity contribution < 1.29 is 22.7 Å². The third kappa shape index (κ3) is 4.87. The topological polar surface area (TPSA) is 115 Å². The number of amides is 1. The lowest BCUT2D eigenvalue weighted by Crippen LogP contribution is -2.51. The third-order valence-electron chi connectivity index (χ3n) is 7.41. The lowest BCUT2D eigenvalue weighted by molar-refractivity contribution is -0.115. The highest BCUT2D eigenvalue weighted by atomic mass is 32.2. The number of carbonyl (C=O) groups is 2. The maximum atomic E-state index is 13.8. The van der Waals surface area contributed by atoms with E-state index < -0.39 is 20.7 Å². The summed E-state index contributed by atoms with van der Waals surface area (Å²) in [5, 5.41) is 2.80. The van der Waals surface area contributed by atoms with E-state index >= 15 is 0 Å². The molecule has 1 N–H and O–H groups in total. The van der Waals surface area contributed by atoms with Crippen molar-refractivity contribution >= 4 is 27.3 Å². The third-order valence-corrected chi connectivity index (χ3v) is 9.17. The summed E-state index contributed by atoms with van der Waals surface area (Å²) in [6.07, 6.45) is 2.21. The molecule has 0 saturated carbocycles. The summed E-state index contributed by atoms with van der Waals surface area (Å²) in [6.45, 7) is 7.55. The van der Waals surface area contributed by atoms with Gasteiger partial charge in [-0.05, 0) is 60.7 Å². The first kappa shape index (κ1) is 26.5. The second-order valence-corrected chi connectivity index (χ2v) is 12.3. The fourth-order valence-electron chi connectivity index (χ4n) is 4.70. The first-order valence-electron chi connectivity index (χ1n) is 12.1. The average Bonchev–Trinajstić information content (AvgIpc) is 2.87. The number of nitrogens with one attached hydrogen (secondary N) is 1. The van der Waals surface area contributed by atoms with Gasteiger partial charge in [-0.15, -0.1) is 0 Å². The molecule has 1 aliphatic rings. The van der Waals surface area contributed by atoms with Crippen LogP contribution in [0.5, 0.6) is 5.75 Å². The van der Waals surface area contributed by atoms with Crippen LogP contribution < -0.4 is 10.1 Å². The molecule has 37 heavy (non-hydrogen) atoms. The van der Waals surface area contributed by atoms with Crippen LogP contribution in [0.4, 0.5) is 5.82 Å². The fourth-order valence-corrected chi connectivity index (χ4v) is 5.58. The second-order valence-electron chi connectivity index (χ2n) is 10.1. The number of anilines is 1. The number of carbonyl (C=O) groups excluding carboxylic acids is 2. The van der Waals surface area contributed by atoms with Crippen LogP contribution in [0.3, 0.4) is 0 Å². The summed E-state index contributed by atoms with van der Waals surface area (Å²) in [5.41, 5.74) is 1.15. The molecule has 194 valence electrons. The number of ketones is 1. The van der Waals surface area contributed by atoms with Crippen LogP contribution in [-0.4, -0.2) is 42.9 Å². The number of rotatable bonds is 7. The Bertz CT molecular complexity index is 1450. The molecule has 8 nitrogen and oxygen atoms in total. The van der Waals surface area contributed by atoms with Gasteiger partial charge in [0.1, 0.15) is 11.6 Å². The van der Waals surface area contributed by atoms with Crippen LogP contribution in [0.15, 0.2) is 59.6 Å². The van der Waals surface area contributed by atoms with Crippen molar-refractivity contribution in [2.24, 2.45) is 5.41 Å². The lowest BCUT2D eigenvalue weighted by atomic mass is 9.56. The summed E-state index contributed by atoms with van der Waals surface area (Å²) in [6, 6.07) is 13.3. The van der Waals surface area contributed by atoms with Gasteiger partial charge in [0, 0.05) is 5.56 Å². The monoisotopic (exact) mass is 521 g/mol. The number of pyridine rings is 2. The number of fused-ring (bicyclic) bond motifs is 1. The van der Waals surface area contributed by atoms with Crippen molar-refractivity contribution in [3.05, 3.63) is 77.2 Å². The minimum Gasteiger partial charge on any atom is -0.495 e.